The molecule has 180 valence electrons. The summed E-state index contributed by atoms with van der Waals surface area (Å²) in [4.78, 5) is 15.8. The average Bonchev–Trinajstić information content (AvgIpc) is 3.51. The maximum atomic E-state index is 13.2. The van der Waals surface area contributed by atoms with Gasteiger partial charge < -0.3 is 0 Å². The number of aryl methyl sites for hydroxylation is 1. The molecule has 2 aromatic carbocycles. The van der Waals surface area contributed by atoms with Crippen LogP contribution in [0.15, 0.2) is 47.6 Å². The first-order valence-corrected chi connectivity index (χ1v) is 12.9. The van der Waals surface area contributed by atoms with Gasteiger partial charge in [-0.1, -0.05) is 65.9 Å². The van der Waals surface area contributed by atoms with E-state index in [0.29, 0.717) is 22.2 Å². The van der Waals surface area contributed by atoms with E-state index in [9.17, 15) is 4.79 Å². The van der Waals surface area contributed by atoms with Crippen molar-refractivity contribution in [2.75, 3.05) is 31.2 Å². The number of carbonyl (C=O) groups is 1. The Bertz CT molecular complexity index is 1060. The molecular weight excluding hydrogens is 469 g/mol. The van der Waals surface area contributed by atoms with Crippen LogP contribution in [-0.2, 0) is 4.79 Å². The molecule has 1 atom stereocenters. The van der Waals surface area contributed by atoms with Crippen molar-refractivity contribution in [1.82, 2.24) is 15.3 Å². The Labute approximate surface area is 211 Å². The summed E-state index contributed by atoms with van der Waals surface area (Å²) in [7, 11) is 0. The van der Waals surface area contributed by atoms with Crippen LogP contribution in [-0.4, -0.2) is 53.7 Å². The van der Waals surface area contributed by atoms with E-state index in [1.807, 2.05) is 16.1 Å². The van der Waals surface area contributed by atoms with Gasteiger partial charge in [-0.15, -0.1) is 0 Å². The second-order valence-corrected chi connectivity index (χ2v) is 10.4. The molecule has 3 aliphatic rings. The van der Waals surface area contributed by atoms with Gasteiger partial charge in [0.2, 0.25) is 0 Å². The van der Waals surface area contributed by atoms with Gasteiger partial charge in [-0.2, -0.15) is 5.10 Å². The van der Waals surface area contributed by atoms with Crippen molar-refractivity contribution in [3.63, 3.8) is 0 Å². The summed E-state index contributed by atoms with van der Waals surface area (Å²) >= 11 is 12.7. The monoisotopic (exact) mass is 499 g/mol. The molecule has 0 spiro atoms. The molecule has 2 fully saturated rings. The summed E-state index contributed by atoms with van der Waals surface area (Å²) in [5.41, 5.74) is 6.63. The number of carbonyl (C=O) groups excluding carboxylic acids is 1. The van der Waals surface area contributed by atoms with E-state index in [0.717, 1.165) is 43.5 Å². The first-order valence-electron chi connectivity index (χ1n) is 12.2. The molecule has 1 aliphatic carbocycles. The smallest absolute Gasteiger partial charge is 0.281 e. The van der Waals surface area contributed by atoms with Crippen molar-refractivity contribution < 1.29 is 4.79 Å². The highest BCUT2D eigenvalue weighted by atomic mass is 35.5. The zero-order valence-electron chi connectivity index (χ0n) is 19.5. The van der Waals surface area contributed by atoms with Gasteiger partial charge in [0.15, 0.2) is 0 Å². The first-order chi connectivity index (χ1) is 16.5. The van der Waals surface area contributed by atoms with Crippen LogP contribution in [0.5, 0.6) is 0 Å². The van der Waals surface area contributed by atoms with Gasteiger partial charge in [0.05, 0.1) is 16.8 Å². The molecule has 1 N–H and O–H groups in total. The minimum atomic E-state index is -0.140. The van der Waals surface area contributed by atoms with Gasteiger partial charge >= 0.3 is 0 Å². The number of anilines is 1. The Balaban J connectivity index is 1.30. The topological polar surface area (TPSA) is 51.2 Å². The van der Waals surface area contributed by atoms with E-state index in [4.69, 9.17) is 28.3 Å². The second kappa shape index (κ2) is 10.2. The number of piperazine rings is 1. The van der Waals surface area contributed by atoms with Crippen LogP contribution in [0.1, 0.15) is 49.3 Å². The highest BCUT2D eigenvalue weighted by Gasteiger charge is 2.34. The number of hydrazine groups is 1. The second-order valence-electron chi connectivity index (χ2n) is 9.52. The van der Waals surface area contributed by atoms with Gasteiger partial charge in [0.25, 0.3) is 5.91 Å². The van der Waals surface area contributed by atoms with E-state index in [2.05, 4.69) is 41.5 Å². The molecule has 2 heterocycles. The molecule has 0 aromatic heterocycles. The molecule has 8 heteroatoms. The van der Waals surface area contributed by atoms with Crippen molar-refractivity contribution in [2.45, 2.75) is 51.1 Å². The number of hydrogen-bond acceptors (Lipinski definition) is 5. The number of benzene rings is 2. The van der Waals surface area contributed by atoms with Gasteiger partial charge in [-0.3, -0.25) is 20.1 Å². The highest BCUT2D eigenvalue weighted by molar-refractivity contribution is 6.40. The standard InChI is InChI=1S/C26H31Cl2N5O/c1-18-6-8-19(9-7-18)25-17-23(29-33(25)24-11-10-20(27)16-22(24)28)26(34)30-32-14-12-31(13-15-32)21-4-2-3-5-21/h6-11,16,21,25H,2-5,12-15,17H2,1H3,(H,30,34). The lowest BCUT2D eigenvalue weighted by Crippen LogP contribution is -2.56. The van der Waals surface area contributed by atoms with Crippen molar-refractivity contribution >= 4 is 40.5 Å². The predicted molar refractivity (Wildman–Crippen MR) is 138 cm³/mol. The Morgan fingerprint density at radius 1 is 1.00 bits per heavy atom. The van der Waals surface area contributed by atoms with E-state index in [1.165, 1.54) is 31.2 Å². The fourth-order valence-electron chi connectivity index (χ4n) is 5.26. The maximum Gasteiger partial charge on any atom is 0.281 e. The third kappa shape index (κ3) is 5.10. The van der Waals surface area contributed by atoms with E-state index >= 15 is 0 Å². The van der Waals surface area contributed by atoms with Gasteiger partial charge in [-0.25, -0.2) is 5.01 Å². The summed E-state index contributed by atoms with van der Waals surface area (Å²) < 4.78 is 0. The molecule has 34 heavy (non-hydrogen) atoms. The fourth-order valence-corrected chi connectivity index (χ4v) is 5.76. The van der Waals surface area contributed by atoms with Crippen LogP contribution in [0, 0.1) is 6.92 Å². The molecular formula is C26H31Cl2N5O. The normalized spacial score (nSPS) is 22.3. The Hall–Kier alpha value is -2.12. The lowest BCUT2D eigenvalue weighted by Gasteiger charge is -2.37. The summed E-state index contributed by atoms with van der Waals surface area (Å²) in [5, 5.41) is 9.72. The van der Waals surface area contributed by atoms with Gasteiger partial charge in [0.1, 0.15) is 5.71 Å². The molecule has 2 aliphatic heterocycles. The molecule has 0 bridgehead atoms. The minimum absolute atomic E-state index is 0.112. The van der Waals surface area contributed by atoms with Crippen molar-refractivity contribution in [3.8, 4) is 0 Å². The molecule has 1 saturated carbocycles. The van der Waals surface area contributed by atoms with E-state index in [-0.39, 0.29) is 11.9 Å². The summed E-state index contributed by atoms with van der Waals surface area (Å²) in [6.45, 7) is 5.73. The van der Waals surface area contributed by atoms with Crippen molar-refractivity contribution in [3.05, 3.63) is 63.6 Å². The molecule has 6 nitrogen and oxygen atoms in total. The Kier molecular flexibility index (Phi) is 7.11. The molecule has 1 saturated heterocycles. The zero-order chi connectivity index (χ0) is 23.7. The molecule has 1 amide bonds. The summed E-state index contributed by atoms with van der Waals surface area (Å²) in [6, 6.07) is 14.3. The largest absolute Gasteiger partial charge is 0.298 e. The summed E-state index contributed by atoms with van der Waals surface area (Å²) in [6.07, 6.45) is 5.82. The van der Waals surface area contributed by atoms with Gasteiger partial charge in [0, 0.05) is 43.7 Å². The fraction of sp³-hybridized carbons (Fsp3) is 0.462. The van der Waals surface area contributed by atoms with Crippen LogP contribution in [0.2, 0.25) is 10.0 Å². The number of halogens is 2. The summed E-state index contributed by atoms with van der Waals surface area (Å²) in [5.74, 6) is -0.140. The third-order valence-corrected chi connectivity index (χ3v) is 7.74. The van der Waals surface area contributed by atoms with E-state index in [1.54, 1.807) is 12.1 Å². The molecule has 1 unspecified atom stereocenters. The van der Waals surface area contributed by atoms with Crippen molar-refractivity contribution in [1.29, 1.82) is 0 Å². The Morgan fingerprint density at radius 2 is 1.71 bits per heavy atom. The molecule has 0 radical (unpaired) electrons. The van der Waals surface area contributed by atoms with Crippen LogP contribution in [0.4, 0.5) is 5.69 Å². The zero-order valence-corrected chi connectivity index (χ0v) is 21.0. The van der Waals surface area contributed by atoms with Crippen LogP contribution >= 0.6 is 23.2 Å². The number of rotatable bonds is 5. The average molecular weight is 500 g/mol. The van der Waals surface area contributed by atoms with Crippen LogP contribution in [0.3, 0.4) is 0 Å². The minimum Gasteiger partial charge on any atom is -0.298 e. The number of nitrogens with one attached hydrogen (secondary N) is 1. The lowest BCUT2D eigenvalue weighted by molar-refractivity contribution is -0.120. The number of hydrogen-bond donors (Lipinski definition) is 1. The maximum absolute atomic E-state index is 13.2. The van der Waals surface area contributed by atoms with E-state index < -0.39 is 0 Å². The quantitative estimate of drug-likeness (QED) is 0.613. The molecule has 2 aromatic rings. The van der Waals surface area contributed by atoms with Crippen LogP contribution in [0.25, 0.3) is 0 Å². The lowest BCUT2D eigenvalue weighted by atomic mass is 10.00. The number of nitrogens with zero attached hydrogens (tertiary/aromatic N) is 4. The highest BCUT2D eigenvalue weighted by Crippen LogP contribution is 2.39. The van der Waals surface area contributed by atoms with Gasteiger partial charge in [-0.05, 0) is 43.5 Å². The van der Waals surface area contributed by atoms with Crippen LogP contribution < -0.4 is 10.4 Å². The number of hydrazone groups is 1. The van der Waals surface area contributed by atoms with Crippen molar-refractivity contribution in [2.24, 2.45) is 5.10 Å². The predicted octanol–water partition coefficient (Wildman–Crippen LogP) is 5.20. The Morgan fingerprint density at radius 3 is 2.38 bits per heavy atom. The third-order valence-electron chi connectivity index (χ3n) is 7.21. The molecule has 5 rings (SSSR count). The first kappa shape index (κ1) is 23.6. The SMILES string of the molecule is Cc1ccc(C2CC(C(=O)NN3CCN(C4CCCC4)CC3)=NN2c2ccc(Cl)cc2Cl)cc1. The number of amides is 1.